The maximum Gasteiger partial charge on any atom is 0.324 e. The van der Waals surface area contributed by atoms with Gasteiger partial charge in [-0.05, 0) is 35.7 Å². The highest BCUT2D eigenvalue weighted by Crippen LogP contribution is 2.25. The molecule has 0 bridgehead atoms. The maximum absolute atomic E-state index is 11.6. The Labute approximate surface area is 112 Å². The van der Waals surface area contributed by atoms with Gasteiger partial charge in [0.1, 0.15) is 0 Å². The molecule has 0 unspecified atom stereocenters. The summed E-state index contributed by atoms with van der Waals surface area (Å²) < 4.78 is 0. The van der Waals surface area contributed by atoms with Crippen molar-refractivity contribution in [1.82, 2.24) is 0 Å². The van der Waals surface area contributed by atoms with Crippen molar-refractivity contribution in [2.24, 2.45) is 0 Å². The number of amides is 2. The molecule has 0 fully saturated rings. The van der Waals surface area contributed by atoms with Crippen LogP contribution in [0.4, 0.5) is 15.5 Å². The topological polar surface area (TPSA) is 41.1 Å². The first-order chi connectivity index (χ1) is 8.15. The number of rotatable bonds is 2. The molecule has 0 saturated carbocycles. The lowest BCUT2D eigenvalue weighted by Gasteiger charge is -2.06. The van der Waals surface area contributed by atoms with E-state index in [0.717, 1.165) is 5.00 Å². The summed E-state index contributed by atoms with van der Waals surface area (Å²) in [6, 6.07) is 8.27. The molecule has 0 radical (unpaired) electrons. The SMILES string of the molecule is O=C(Nc1ccc(Cl)c(Cl)c1)Nc1cccs1. The van der Waals surface area contributed by atoms with Crippen molar-refractivity contribution >= 4 is 51.3 Å². The molecule has 2 aromatic rings. The van der Waals surface area contributed by atoms with Gasteiger partial charge >= 0.3 is 6.03 Å². The summed E-state index contributed by atoms with van der Waals surface area (Å²) in [6.45, 7) is 0. The molecular formula is C11H8Cl2N2OS. The second-order valence-corrected chi connectivity index (χ2v) is 4.95. The lowest BCUT2D eigenvalue weighted by Crippen LogP contribution is -2.18. The van der Waals surface area contributed by atoms with Crippen LogP contribution in [0.25, 0.3) is 0 Å². The summed E-state index contributed by atoms with van der Waals surface area (Å²) >= 11 is 13.1. The fourth-order valence-electron chi connectivity index (χ4n) is 1.20. The van der Waals surface area contributed by atoms with E-state index in [1.165, 1.54) is 11.3 Å². The predicted molar refractivity (Wildman–Crippen MR) is 73.4 cm³/mol. The number of nitrogens with one attached hydrogen (secondary N) is 2. The van der Waals surface area contributed by atoms with E-state index in [1.807, 2.05) is 17.5 Å². The van der Waals surface area contributed by atoms with Crippen molar-refractivity contribution in [2.75, 3.05) is 10.6 Å². The number of anilines is 2. The van der Waals surface area contributed by atoms with Crippen molar-refractivity contribution in [2.45, 2.75) is 0 Å². The summed E-state index contributed by atoms with van der Waals surface area (Å²) in [7, 11) is 0. The van der Waals surface area contributed by atoms with Crippen LogP contribution < -0.4 is 10.6 Å². The maximum atomic E-state index is 11.6. The number of carbonyl (C=O) groups is 1. The Morgan fingerprint density at radius 3 is 2.59 bits per heavy atom. The number of carbonyl (C=O) groups excluding carboxylic acids is 1. The highest BCUT2D eigenvalue weighted by Gasteiger charge is 2.04. The molecule has 0 aliphatic heterocycles. The molecule has 1 aromatic carbocycles. The van der Waals surface area contributed by atoms with Crippen LogP contribution in [0.5, 0.6) is 0 Å². The molecule has 3 nitrogen and oxygen atoms in total. The molecule has 0 aliphatic rings. The minimum absolute atomic E-state index is 0.314. The van der Waals surface area contributed by atoms with Crippen molar-refractivity contribution in [1.29, 1.82) is 0 Å². The van der Waals surface area contributed by atoms with E-state index in [4.69, 9.17) is 23.2 Å². The van der Waals surface area contributed by atoms with Gasteiger partial charge in [-0.1, -0.05) is 23.2 Å². The minimum atomic E-state index is -0.314. The van der Waals surface area contributed by atoms with Gasteiger partial charge in [0.15, 0.2) is 0 Å². The number of thiophene rings is 1. The Morgan fingerprint density at radius 2 is 1.94 bits per heavy atom. The van der Waals surface area contributed by atoms with E-state index in [1.54, 1.807) is 18.2 Å². The van der Waals surface area contributed by atoms with Gasteiger partial charge in [-0.25, -0.2) is 4.79 Å². The van der Waals surface area contributed by atoms with E-state index in [2.05, 4.69) is 10.6 Å². The van der Waals surface area contributed by atoms with Gasteiger partial charge in [0.25, 0.3) is 0 Å². The molecule has 1 heterocycles. The Morgan fingerprint density at radius 1 is 1.12 bits per heavy atom. The summed E-state index contributed by atoms with van der Waals surface area (Å²) in [6.07, 6.45) is 0. The van der Waals surface area contributed by atoms with Crippen LogP contribution in [0.3, 0.4) is 0 Å². The van der Waals surface area contributed by atoms with Gasteiger partial charge in [-0.2, -0.15) is 0 Å². The number of halogens is 2. The third-order valence-corrected chi connectivity index (χ3v) is 3.46. The van der Waals surface area contributed by atoms with Crippen LogP contribution in [0, 0.1) is 0 Å². The largest absolute Gasteiger partial charge is 0.324 e. The standard InChI is InChI=1S/C11H8Cl2N2OS/c12-8-4-3-7(6-9(8)13)14-11(16)15-10-2-1-5-17-10/h1-6H,(H2,14,15,16). The molecule has 0 saturated heterocycles. The van der Waals surface area contributed by atoms with Crippen molar-refractivity contribution in [3.05, 3.63) is 45.8 Å². The minimum Gasteiger partial charge on any atom is -0.308 e. The molecule has 0 spiro atoms. The van der Waals surface area contributed by atoms with Crippen LogP contribution in [0.15, 0.2) is 35.7 Å². The normalized spacial score (nSPS) is 10.0. The Hall–Kier alpha value is -1.23. The third-order valence-electron chi connectivity index (χ3n) is 1.94. The highest BCUT2D eigenvalue weighted by molar-refractivity contribution is 7.14. The Kier molecular flexibility index (Phi) is 3.89. The van der Waals surface area contributed by atoms with Crippen molar-refractivity contribution in [3.8, 4) is 0 Å². The fourth-order valence-corrected chi connectivity index (χ4v) is 2.11. The van der Waals surface area contributed by atoms with E-state index in [0.29, 0.717) is 15.7 Å². The average Bonchev–Trinajstić information content (AvgIpc) is 2.76. The third kappa shape index (κ3) is 3.36. The molecule has 0 atom stereocenters. The first-order valence-corrected chi connectivity index (χ1v) is 6.35. The predicted octanol–water partition coefficient (Wildman–Crippen LogP) is 4.70. The fraction of sp³-hybridized carbons (Fsp3) is 0. The molecule has 2 rings (SSSR count). The molecule has 6 heteroatoms. The molecule has 1 aromatic heterocycles. The van der Waals surface area contributed by atoms with Gasteiger partial charge in [-0.15, -0.1) is 11.3 Å². The first-order valence-electron chi connectivity index (χ1n) is 4.72. The smallest absolute Gasteiger partial charge is 0.308 e. The second kappa shape index (κ2) is 5.40. The summed E-state index contributed by atoms with van der Waals surface area (Å²) in [5.74, 6) is 0. The van der Waals surface area contributed by atoms with Crippen LogP contribution in [-0.2, 0) is 0 Å². The van der Waals surface area contributed by atoms with Gasteiger partial charge in [-0.3, -0.25) is 5.32 Å². The zero-order valence-corrected chi connectivity index (χ0v) is 10.9. The van der Waals surface area contributed by atoms with Gasteiger partial charge in [0.05, 0.1) is 15.0 Å². The van der Waals surface area contributed by atoms with Crippen molar-refractivity contribution < 1.29 is 4.79 Å². The van der Waals surface area contributed by atoms with Gasteiger partial charge in [0.2, 0.25) is 0 Å². The lowest BCUT2D eigenvalue weighted by molar-refractivity contribution is 0.262. The summed E-state index contributed by atoms with van der Waals surface area (Å²) in [5.41, 5.74) is 0.591. The molecule has 88 valence electrons. The molecule has 2 N–H and O–H groups in total. The Bertz CT molecular complexity index is 528. The number of hydrogen-bond acceptors (Lipinski definition) is 2. The average molecular weight is 287 g/mol. The zero-order valence-electron chi connectivity index (χ0n) is 8.54. The lowest BCUT2D eigenvalue weighted by atomic mass is 10.3. The number of hydrogen-bond donors (Lipinski definition) is 2. The van der Waals surface area contributed by atoms with Gasteiger partial charge in [0, 0.05) is 5.69 Å². The van der Waals surface area contributed by atoms with Crippen LogP contribution in [-0.4, -0.2) is 6.03 Å². The quantitative estimate of drug-likeness (QED) is 0.826. The molecule has 17 heavy (non-hydrogen) atoms. The highest BCUT2D eigenvalue weighted by atomic mass is 35.5. The van der Waals surface area contributed by atoms with Crippen LogP contribution in [0.1, 0.15) is 0 Å². The van der Waals surface area contributed by atoms with E-state index in [-0.39, 0.29) is 6.03 Å². The second-order valence-electron chi connectivity index (χ2n) is 3.19. The Balaban J connectivity index is 2.00. The zero-order chi connectivity index (χ0) is 12.3. The van der Waals surface area contributed by atoms with Crippen LogP contribution in [0.2, 0.25) is 10.0 Å². The molecule has 2 amide bonds. The molecule has 0 aliphatic carbocycles. The summed E-state index contributed by atoms with van der Waals surface area (Å²) in [5, 5.41) is 8.88. The first kappa shape index (κ1) is 12.2. The number of urea groups is 1. The molecular weight excluding hydrogens is 279 g/mol. The van der Waals surface area contributed by atoms with Crippen molar-refractivity contribution in [3.63, 3.8) is 0 Å². The summed E-state index contributed by atoms with van der Waals surface area (Å²) in [4.78, 5) is 11.6. The van der Waals surface area contributed by atoms with E-state index in [9.17, 15) is 4.79 Å². The monoisotopic (exact) mass is 286 g/mol. The van der Waals surface area contributed by atoms with E-state index >= 15 is 0 Å². The van der Waals surface area contributed by atoms with E-state index < -0.39 is 0 Å². The van der Waals surface area contributed by atoms with Gasteiger partial charge < -0.3 is 5.32 Å². The number of benzene rings is 1. The van der Waals surface area contributed by atoms with Crippen LogP contribution >= 0.6 is 34.5 Å².